The Morgan fingerprint density at radius 2 is 1.75 bits per heavy atom. The molecule has 2 atom stereocenters. The SMILES string of the molecule is CC(Cc1c(F)cccc1F)NC(C)c1ccccn1. The van der Waals surface area contributed by atoms with Gasteiger partial charge in [0.15, 0.2) is 0 Å². The molecule has 0 aliphatic heterocycles. The summed E-state index contributed by atoms with van der Waals surface area (Å²) in [5, 5.41) is 3.30. The molecule has 2 rings (SSSR count). The maximum Gasteiger partial charge on any atom is 0.129 e. The number of benzene rings is 1. The van der Waals surface area contributed by atoms with E-state index in [4.69, 9.17) is 0 Å². The van der Waals surface area contributed by atoms with E-state index < -0.39 is 11.6 Å². The molecule has 2 unspecified atom stereocenters. The fourth-order valence-electron chi connectivity index (χ4n) is 2.24. The number of hydrogen-bond acceptors (Lipinski definition) is 2. The highest BCUT2D eigenvalue weighted by atomic mass is 19.1. The Bertz CT molecular complexity index is 537. The molecule has 1 aromatic carbocycles. The van der Waals surface area contributed by atoms with Crippen molar-refractivity contribution in [2.24, 2.45) is 0 Å². The predicted octanol–water partition coefficient (Wildman–Crippen LogP) is 3.64. The minimum Gasteiger partial charge on any atom is -0.306 e. The molecular formula is C16H18F2N2. The van der Waals surface area contributed by atoms with Crippen LogP contribution in [0.25, 0.3) is 0 Å². The van der Waals surface area contributed by atoms with E-state index in [-0.39, 0.29) is 17.6 Å². The molecule has 0 saturated heterocycles. The van der Waals surface area contributed by atoms with Gasteiger partial charge < -0.3 is 5.32 Å². The fraction of sp³-hybridized carbons (Fsp3) is 0.312. The summed E-state index contributed by atoms with van der Waals surface area (Å²) in [5.41, 5.74) is 1.04. The lowest BCUT2D eigenvalue weighted by atomic mass is 10.0. The number of nitrogens with zero attached hydrogens (tertiary/aromatic N) is 1. The Labute approximate surface area is 117 Å². The molecule has 1 heterocycles. The Hall–Kier alpha value is -1.81. The van der Waals surface area contributed by atoms with E-state index in [0.717, 1.165) is 5.69 Å². The van der Waals surface area contributed by atoms with E-state index in [0.29, 0.717) is 6.42 Å². The summed E-state index contributed by atoms with van der Waals surface area (Å²) < 4.78 is 27.2. The fourth-order valence-corrected chi connectivity index (χ4v) is 2.24. The van der Waals surface area contributed by atoms with Gasteiger partial charge in [0.2, 0.25) is 0 Å². The molecule has 0 aliphatic carbocycles. The molecule has 2 nitrogen and oxygen atoms in total. The standard InChI is InChI=1S/C16H18F2N2/c1-11(10-13-14(17)6-5-7-15(13)18)20-12(2)16-8-3-4-9-19-16/h3-9,11-12,20H,10H2,1-2H3. The highest BCUT2D eigenvalue weighted by molar-refractivity contribution is 5.20. The van der Waals surface area contributed by atoms with Gasteiger partial charge in [-0.25, -0.2) is 8.78 Å². The molecule has 0 spiro atoms. The van der Waals surface area contributed by atoms with E-state index in [9.17, 15) is 8.78 Å². The summed E-state index contributed by atoms with van der Waals surface area (Å²) in [6.07, 6.45) is 2.03. The summed E-state index contributed by atoms with van der Waals surface area (Å²) in [4.78, 5) is 4.26. The number of aromatic nitrogens is 1. The molecule has 0 radical (unpaired) electrons. The van der Waals surface area contributed by atoms with Crippen molar-refractivity contribution in [1.29, 1.82) is 0 Å². The molecule has 2 aromatic rings. The lowest BCUT2D eigenvalue weighted by molar-refractivity contribution is 0.452. The van der Waals surface area contributed by atoms with Crippen molar-refractivity contribution in [1.82, 2.24) is 10.3 Å². The van der Waals surface area contributed by atoms with Crippen LogP contribution in [0.3, 0.4) is 0 Å². The summed E-state index contributed by atoms with van der Waals surface area (Å²) in [6, 6.07) is 9.62. The first-order chi connectivity index (χ1) is 9.58. The van der Waals surface area contributed by atoms with Crippen LogP contribution in [0.1, 0.15) is 31.1 Å². The average molecular weight is 276 g/mol. The minimum absolute atomic E-state index is 0.0287. The maximum atomic E-state index is 13.6. The summed E-state index contributed by atoms with van der Waals surface area (Å²) in [6.45, 7) is 3.89. The van der Waals surface area contributed by atoms with Crippen LogP contribution in [0.5, 0.6) is 0 Å². The van der Waals surface area contributed by atoms with Crippen LogP contribution >= 0.6 is 0 Å². The van der Waals surface area contributed by atoms with Gasteiger partial charge in [-0.05, 0) is 44.5 Å². The molecule has 20 heavy (non-hydrogen) atoms. The average Bonchev–Trinajstić information content (AvgIpc) is 2.44. The lowest BCUT2D eigenvalue weighted by Crippen LogP contribution is -2.31. The smallest absolute Gasteiger partial charge is 0.129 e. The van der Waals surface area contributed by atoms with Gasteiger partial charge in [0.25, 0.3) is 0 Å². The summed E-state index contributed by atoms with van der Waals surface area (Å²) >= 11 is 0. The van der Waals surface area contributed by atoms with E-state index in [2.05, 4.69) is 10.3 Å². The number of rotatable bonds is 5. The van der Waals surface area contributed by atoms with Crippen LogP contribution in [0.15, 0.2) is 42.6 Å². The van der Waals surface area contributed by atoms with Crippen LogP contribution in [0, 0.1) is 11.6 Å². The minimum atomic E-state index is -0.496. The van der Waals surface area contributed by atoms with Crippen molar-refractivity contribution in [3.05, 3.63) is 65.5 Å². The number of halogens is 2. The van der Waals surface area contributed by atoms with Crippen LogP contribution in [0.2, 0.25) is 0 Å². The molecule has 0 fully saturated rings. The zero-order chi connectivity index (χ0) is 14.5. The topological polar surface area (TPSA) is 24.9 Å². The van der Waals surface area contributed by atoms with Gasteiger partial charge in [-0.1, -0.05) is 12.1 Å². The summed E-state index contributed by atoms with van der Waals surface area (Å²) in [7, 11) is 0. The Balaban J connectivity index is 2.01. The molecule has 0 saturated carbocycles. The quantitative estimate of drug-likeness (QED) is 0.901. The highest BCUT2D eigenvalue weighted by Crippen LogP contribution is 2.16. The third kappa shape index (κ3) is 3.61. The first-order valence-electron chi connectivity index (χ1n) is 6.67. The van der Waals surface area contributed by atoms with Crippen LogP contribution in [-0.2, 0) is 6.42 Å². The first kappa shape index (κ1) is 14.6. The molecule has 4 heteroatoms. The molecule has 106 valence electrons. The third-order valence-corrected chi connectivity index (χ3v) is 3.24. The number of nitrogens with one attached hydrogen (secondary N) is 1. The van der Waals surface area contributed by atoms with Crippen molar-refractivity contribution >= 4 is 0 Å². The maximum absolute atomic E-state index is 13.6. The molecule has 0 aliphatic rings. The van der Waals surface area contributed by atoms with Crippen molar-refractivity contribution in [3.8, 4) is 0 Å². The third-order valence-electron chi connectivity index (χ3n) is 3.24. The van der Waals surface area contributed by atoms with E-state index in [1.165, 1.54) is 18.2 Å². The normalized spacial score (nSPS) is 14.0. The Morgan fingerprint density at radius 3 is 2.35 bits per heavy atom. The van der Waals surface area contributed by atoms with Gasteiger partial charge in [0, 0.05) is 23.8 Å². The van der Waals surface area contributed by atoms with Gasteiger partial charge in [-0.3, -0.25) is 4.98 Å². The van der Waals surface area contributed by atoms with Gasteiger partial charge in [-0.15, -0.1) is 0 Å². The molecule has 0 amide bonds. The monoisotopic (exact) mass is 276 g/mol. The van der Waals surface area contributed by atoms with E-state index >= 15 is 0 Å². The lowest BCUT2D eigenvalue weighted by Gasteiger charge is -2.20. The molecule has 1 aromatic heterocycles. The number of hydrogen-bond donors (Lipinski definition) is 1. The van der Waals surface area contributed by atoms with Crippen molar-refractivity contribution in [3.63, 3.8) is 0 Å². The van der Waals surface area contributed by atoms with Crippen molar-refractivity contribution < 1.29 is 8.78 Å². The van der Waals surface area contributed by atoms with Gasteiger partial charge in [-0.2, -0.15) is 0 Å². The van der Waals surface area contributed by atoms with Gasteiger partial charge in [0.05, 0.1) is 5.69 Å². The van der Waals surface area contributed by atoms with Gasteiger partial charge >= 0.3 is 0 Å². The van der Waals surface area contributed by atoms with Crippen molar-refractivity contribution in [2.45, 2.75) is 32.4 Å². The highest BCUT2D eigenvalue weighted by Gasteiger charge is 2.15. The summed E-state index contributed by atoms with van der Waals surface area (Å²) in [5.74, 6) is -0.992. The first-order valence-corrected chi connectivity index (χ1v) is 6.67. The van der Waals surface area contributed by atoms with Crippen molar-refractivity contribution in [2.75, 3.05) is 0 Å². The van der Waals surface area contributed by atoms with Gasteiger partial charge in [0.1, 0.15) is 11.6 Å². The van der Waals surface area contributed by atoms with Crippen LogP contribution in [-0.4, -0.2) is 11.0 Å². The van der Waals surface area contributed by atoms with Crippen LogP contribution < -0.4 is 5.32 Å². The second-order valence-corrected chi connectivity index (χ2v) is 4.95. The zero-order valence-corrected chi connectivity index (χ0v) is 11.6. The second kappa shape index (κ2) is 6.57. The van der Waals surface area contributed by atoms with Crippen LogP contribution in [0.4, 0.5) is 8.78 Å². The molecule has 0 bridgehead atoms. The number of pyridine rings is 1. The van der Waals surface area contributed by atoms with E-state index in [1.54, 1.807) is 6.20 Å². The zero-order valence-electron chi connectivity index (χ0n) is 11.6. The Morgan fingerprint density at radius 1 is 1.05 bits per heavy atom. The Kier molecular flexibility index (Phi) is 4.79. The molecular weight excluding hydrogens is 258 g/mol. The largest absolute Gasteiger partial charge is 0.306 e. The molecule has 1 N–H and O–H groups in total. The second-order valence-electron chi connectivity index (χ2n) is 4.95. The van der Waals surface area contributed by atoms with E-state index in [1.807, 2.05) is 32.0 Å². The predicted molar refractivity (Wildman–Crippen MR) is 75.3 cm³/mol.